The molecule has 0 bridgehead atoms. The Morgan fingerprint density at radius 1 is 1.22 bits per heavy atom. The molecule has 1 aromatic carbocycles. The van der Waals surface area contributed by atoms with Gasteiger partial charge in [-0.1, -0.05) is 24.3 Å². The molecule has 0 unspecified atom stereocenters. The molecular weight excluding hydrogens is 222 g/mol. The Bertz CT molecular complexity index is 359. The molecule has 0 amide bonds. The van der Waals surface area contributed by atoms with Gasteiger partial charge in [0.25, 0.3) is 0 Å². The summed E-state index contributed by atoms with van der Waals surface area (Å²) in [7, 11) is 4.35. The number of hydrogen-bond acceptors (Lipinski definition) is 3. The third kappa shape index (κ3) is 3.55. The molecule has 0 saturated carbocycles. The standard InChI is InChI=1S/C15H25N3/c1-17(2)15-8-10-18(12-15)11-14-5-3-13(4-6-14)7-9-16/h3-6,15H,7-12,16H2,1-2H3/t15-/m0/s1. The largest absolute Gasteiger partial charge is 0.330 e. The third-order valence-electron chi connectivity index (χ3n) is 3.84. The number of nitrogens with zero attached hydrogens (tertiary/aromatic N) is 2. The van der Waals surface area contributed by atoms with Gasteiger partial charge >= 0.3 is 0 Å². The molecule has 3 heteroatoms. The summed E-state index contributed by atoms with van der Waals surface area (Å²) in [5.74, 6) is 0. The molecule has 1 atom stereocenters. The number of likely N-dealkylation sites (N-methyl/N-ethyl adjacent to an activating group) is 1. The normalized spacial score (nSPS) is 20.8. The predicted octanol–water partition coefficient (Wildman–Crippen LogP) is 1.32. The van der Waals surface area contributed by atoms with Crippen LogP contribution in [0.1, 0.15) is 17.5 Å². The van der Waals surface area contributed by atoms with E-state index in [4.69, 9.17) is 5.73 Å². The van der Waals surface area contributed by atoms with Gasteiger partial charge in [0, 0.05) is 25.7 Å². The topological polar surface area (TPSA) is 32.5 Å². The van der Waals surface area contributed by atoms with E-state index in [1.165, 1.54) is 30.6 Å². The molecule has 2 N–H and O–H groups in total. The van der Waals surface area contributed by atoms with E-state index in [1.807, 2.05) is 0 Å². The van der Waals surface area contributed by atoms with Crippen LogP contribution in [-0.2, 0) is 13.0 Å². The van der Waals surface area contributed by atoms with Crippen LogP contribution < -0.4 is 5.73 Å². The van der Waals surface area contributed by atoms with E-state index in [-0.39, 0.29) is 0 Å². The number of benzene rings is 1. The van der Waals surface area contributed by atoms with Gasteiger partial charge < -0.3 is 10.6 Å². The molecule has 1 aliphatic heterocycles. The van der Waals surface area contributed by atoms with Crippen molar-refractivity contribution >= 4 is 0 Å². The van der Waals surface area contributed by atoms with Crippen LogP contribution >= 0.6 is 0 Å². The molecule has 1 aliphatic rings. The number of hydrogen-bond donors (Lipinski definition) is 1. The first-order chi connectivity index (χ1) is 8.69. The van der Waals surface area contributed by atoms with Crippen LogP contribution in [0.15, 0.2) is 24.3 Å². The van der Waals surface area contributed by atoms with Crippen molar-refractivity contribution in [3.05, 3.63) is 35.4 Å². The molecule has 0 aromatic heterocycles. The van der Waals surface area contributed by atoms with Crippen molar-refractivity contribution in [2.45, 2.75) is 25.4 Å². The second-order valence-corrected chi connectivity index (χ2v) is 5.50. The molecule has 0 aliphatic carbocycles. The average Bonchev–Trinajstić information content (AvgIpc) is 2.81. The summed E-state index contributed by atoms with van der Waals surface area (Å²) >= 11 is 0. The maximum absolute atomic E-state index is 5.56. The molecule has 1 fully saturated rings. The molecule has 3 nitrogen and oxygen atoms in total. The van der Waals surface area contributed by atoms with E-state index >= 15 is 0 Å². The number of nitrogens with two attached hydrogens (primary N) is 1. The first-order valence-electron chi connectivity index (χ1n) is 6.85. The van der Waals surface area contributed by atoms with E-state index < -0.39 is 0 Å². The molecule has 2 rings (SSSR count). The van der Waals surface area contributed by atoms with Crippen molar-refractivity contribution in [3.63, 3.8) is 0 Å². The Labute approximate surface area is 111 Å². The van der Waals surface area contributed by atoms with Crippen molar-refractivity contribution < 1.29 is 0 Å². The highest BCUT2D eigenvalue weighted by Crippen LogP contribution is 2.16. The van der Waals surface area contributed by atoms with Crippen molar-refractivity contribution in [2.24, 2.45) is 5.73 Å². The molecule has 100 valence electrons. The molecule has 18 heavy (non-hydrogen) atoms. The summed E-state index contributed by atoms with van der Waals surface area (Å²) < 4.78 is 0. The van der Waals surface area contributed by atoms with Gasteiger partial charge in [-0.3, -0.25) is 4.90 Å². The molecule has 1 heterocycles. The average molecular weight is 247 g/mol. The Kier molecular flexibility index (Phi) is 4.75. The van der Waals surface area contributed by atoms with Crippen LogP contribution in [0.3, 0.4) is 0 Å². The van der Waals surface area contributed by atoms with Crippen molar-refractivity contribution in [3.8, 4) is 0 Å². The molecule has 0 radical (unpaired) electrons. The zero-order chi connectivity index (χ0) is 13.0. The number of rotatable bonds is 5. The molecule has 1 saturated heterocycles. The van der Waals surface area contributed by atoms with Gasteiger partial charge in [-0.25, -0.2) is 0 Å². The summed E-state index contributed by atoms with van der Waals surface area (Å²) in [6, 6.07) is 9.63. The minimum atomic E-state index is 0.724. The van der Waals surface area contributed by atoms with Gasteiger partial charge in [-0.15, -0.1) is 0 Å². The summed E-state index contributed by atoms with van der Waals surface area (Å²) in [6.45, 7) is 4.22. The number of likely N-dealkylation sites (tertiary alicyclic amines) is 1. The zero-order valence-electron chi connectivity index (χ0n) is 11.6. The maximum atomic E-state index is 5.56. The highest BCUT2D eigenvalue weighted by atomic mass is 15.2. The first-order valence-corrected chi connectivity index (χ1v) is 6.85. The van der Waals surface area contributed by atoms with Crippen LogP contribution in [0, 0.1) is 0 Å². The van der Waals surface area contributed by atoms with Gasteiger partial charge in [0.05, 0.1) is 0 Å². The fraction of sp³-hybridized carbons (Fsp3) is 0.600. The lowest BCUT2D eigenvalue weighted by molar-refractivity contribution is 0.264. The summed E-state index contributed by atoms with van der Waals surface area (Å²) in [5.41, 5.74) is 8.32. The van der Waals surface area contributed by atoms with Gasteiger partial charge in [-0.2, -0.15) is 0 Å². The Hall–Kier alpha value is -0.900. The highest BCUT2D eigenvalue weighted by molar-refractivity contribution is 5.22. The van der Waals surface area contributed by atoms with Crippen LogP contribution in [0.5, 0.6) is 0 Å². The second-order valence-electron chi connectivity index (χ2n) is 5.50. The fourth-order valence-electron chi connectivity index (χ4n) is 2.61. The predicted molar refractivity (Wildman–Crippen MR) is 76.6 cm³/mol. The van der Waals surface area contributed by atoms with E-state index in [1.54, 1.807) is 0 Å². The smallest absolute Gasteiger partial charge is 0.0234 e. The van der Waals surface area contributed by atoms with E-state index in [9.17, 15) is 0 Å². The minimum Gasteiger partial charge on any atom is -0.330 e. The Balaban J connectivity index is 1.86. The highest BCUT2D eigenvalue weighted by Gasteiger charge is 2.23. The SMILES string of the molecule is CN(C)[C@H]1CCN(Cc2ccc(CCN)cc2)C1. The summed E-state index contributed by atoms with van der Waals surface area (Å²) in [6.07, 6.45) is 2.27. The lowest BCUT2D eigenvalue weighted by Gasteiger charge is -2.20. The van der Waals surface area contributed by atoms with Gasteiger partial charge in [0.1, 0.15) is 0 Å². The minimum absolute atomic E-state index is 0.724. The van der Waals surface area contributed by atoms with Crippen molar-refractivity contribution in [2.75, 3.05) is 33.7 Å². The quantitative estimate of drug-likeness (QED) is 0.852. The van der Waals surface area contributed by atoms with E-state index in [0.29, 0.717) is 0 Å². The maximum Gasteiger partial charge on any atom is 0.0234 e. The first kappa shape index (κ1) is 13.5. The van der Waals surface area contributed by atoms with Gasteiger partial charge in [0.2, 0.25) is 0 Å². The fourth-order valence-corrected chi connectivity index (χ4v) is 2.61. The van der Waals surface area contributed by atoms with Crippen molar-refractivity contribution in [1.29, 1.82) is 0 Å². The Morgan fingerprint density at radius 2 is 1.89 bits per heavy atom. The Morgan fingerprint density at radius 3 is 2.44 bits per heavy atom. The molecule has 1 aromatic rings. The monoisotopic (exact) mass is 247 g/mol. The van der Waals surface area contributed by atoms with Crippen LogP contribution in [0.2, 0.25) is 0 Å². The summed E-state index contributed by atoms with van der Waals surface area (Å²) in [4.78, 5) is 4.88. The van der Waals surface area contributed by atoms with Crippen LogP contribution in [-0.4, -0.2) is 49.6 Å². The zero-order valence-corrected chi connectivity index (χ0v) is 11.6. The van der Waals surface area contributed by atoms with E-state index in [0.717, 1.165) is 25.6 Å². The lowest BCUT2D eigenvalue weighted by Crippen LogP contribution is -2.31. The molecule has 0 spiro atoms. The van der Waals surface area contributed by atoms with Crippen LogP contribution in [0.25, 0.3) is 0 Å². The van der Waals surface area contributed by atoms with Crippen molar-refractivity contribution in [1.82, 2.24) is 9.80 Å². The van der Waals surface area contributed by atoms with E-state index in [2.05, 4.69) is 48.2 Å². The third-order valence-corrected chi connectivity index (χ3v) is 3.84. The van der Waals surface area contributed by atoms with Gasteiger partial charge in [0.15, 0.2) is 0 Å². The lowest BCUT2D eigenvalue weighted by atomic mass is 10.1. The second kappa shape index (κ2) is 6.32. The van der Waals surface area contributed by atoms with Gasteiger partial charge in [-0.05, 0) is 44.6 Å². The molecular formula is C15H25N3. The summed E-state index contributed by atoms with van der Waals surface area (Å²) in [5, 5.41) is 0. The van der Waals surface area contributed by atoms with Crippen LogP contribution in [0.4, 0.5) is 0 Å².